The summed E-state index contributed by atoms with van der Waals surface area (Å²) in [6.07, 6.45) is 8.97. The van der Waals surface area contributed by atoms with Gasteiger partial charge >= 0.3 is 0 Å². The summed E-state index contributed by atoms with van der Waals surface area (Å²) in [4.78, 5) is 4.89. The Balaban J connectivity index is 0.00000325. The van der Waals surface area contributed by atoms with Crippen LogP contribution in [0.15, 0.2) is 116 Å². The van der Waals surface area contributed by atoms with Gasteiger partial charge in [-0.2, -0.15) is 18.2 Å². The summed E-state index contributed by atoms with van der Waals surface area (Å²) < 4.78 is 17.2. The predicted octanol–water partition coefficient (Wildman–Crippen LogP) is 8.27. The first-order valence-electron chi connectivity index (χ1n) is 15.9. The number of ether oxygens (including phenoxy) is 1. The Morgan fingerprint density at radius 2 is 1.33 bits per heavy atom. The van der Waals surface area contributed by atoms with Crippen LogP contribution < -0.4 is 9.30 Å². The Labute approximate surface area is 296 Å². The first kappa shape index (κ1) is 29.5. The van der Waals surface area contributed by atoms with Crippen molar-refractivity contribution < 1.29 is 30.4 Å². The van der Waals surface area contributed by atoms with Crippen LogP contribution in [0.2, 0.25) is 0 Å². The molecule has 0 aliphatic carbocycles. The number of hydrogen-bond acceptors (Lipinski definition) is 2. The molecule has 8 heteroatoms. The molecule has 0 fully saturated rings. The molecule has 10 aromatic rings. The molecule has 5 heterocycles. The molecule has 0 saturated heterocycles. The van der Waals surface area contributed by atoms with E-state index < -0.39 is 0 Å². The van der Waals surface area contributed by atoms with E-state index in [0.29, 0.717) is 11.5 Å². The maximum Gasteiger partial charge on any atom is 0.241 e. The summed E-state index contributed by atoms with van der Waals surface area (Å²) in [7, 11) is 6.30. The van der Waals surface area contributed by atoms with Gasteiger partial charge in [-0.3, -0.25) is 0 Å². The second-order valence-electron chi connectivity index (χ2n) is 12.3. The van der Waals surface area contributed by atoms with Crippen LogP contribution in [0.1, 0.15) is 0 Å². The van der Waals surface area contributed by atoms with Crippen LogP contribution in [0, 0.1) is 18.5 Å². The van der Waals surface area contributed by atoms with E-state index in [1.165, 1.54) is 43.5 Å². The molecule has 240 valence electrons. The Bertz CT molecular complexity index is 2910. The molecule has 0 unspecified atom stereocenters. The van der Waals surface area contributed by atoms with Gasteiger partial charge in [0, 0.05) is 97.8 Å². The van der Waals surface area contributed by atoms with Crippen LogP contribution in [0.25, 0.3) is 76.9 Å². The number of nitrogens with zero attached hydrogens (tertiary/aromatic N) is 6. The summed E-state index contributed by atoms with van der Waals surface area (Å²) >= 11 is 0. The van der Waals surface area contributed by atoms with E-state index in [2.05, 4.69) is 107 Å². The minimum atomic E-state index is 0. The van der Waals surface area contributed by atoms with Crippen LogP contribution in [0.3, 0.4) is 0 Å². The van der Waals surface area contributed by atoms with Crippen LogP contribution in [0.5, 0.6) is 11.5 Å². The van der Waals surface area contributed by atoms with Crippen LogP contribution in [0.4, 0.5) is 0 Å². The molecule has 5 aromatic heterocycles. The number of aromatic nitrogens is 6. The summed E-state index contributed by atoms with van der Waals surface area (Å²) in [6, 6.07) is 40.6. The summed E-state index contributed by atoms with van der Waals surface area (Å²) in [5.74, 6) is 2.02. The number of benzene rings is 5. The molecule has 10 rings (SSSR count). The zero-order valence-corrected chi connectivity index (χ0v) is 29.1. The molecule has 0 aliphatic rings. The number of rotatable bonds is 4. The average molecular weight is 816 g/mol. The van der Waals surface area contributed by atoms with Crippen molar-refractivity contribution in [2.75, 3.05) is 0 Å². The van der Waals surface area contributed by atoms with Crippen LogP contribution >= 0.6 is 0 Å². The molecule has 0 saturated carbocycles. The molecule has 0 amide bonds. The monoisotopic (exact) mass is 815 g/mol. The molecule has 0 bridgehead atoms. The van der Waals surface area contributed by atoms with Gasteiger partial charge in [0.25, 0.3) is 0 Å². The molecule has 0 aliphatic heterocycles. The third kappa shape index (κ3) is 4.19. The van der Waals surface area contributed by atoms with Gasteiger partial charge in [-0.05, 0) is 29.7 Å². The number of aryl methyl sites for hydroxylation is 3. The fourth-order valence-electron chi connectivity index (χ4n) is 7.59. The fraction of sp³-hybridized carbons (Fsp3) is 0.0732. The van der Waals surface area contributed by atoms with Gasteiger partial charge in [-0.25, -0.2) is 4.98 Å². The van der Waals surface area contributed by atoms with Gasteiger partial charge in [-0.15, -0.1) is 29.7 Å². The minimum Gasteiger partial charge on any atom is -0.510 e. The first-order chi connectivity index (χ1) is 23.6. The van der Waals surface area contributed by atoms with Gasteiger partial charge in [0.1, 0.15) is 5.82 Å². The smallest absolute Gasteiger partial charge is 0.241 e. The fourth-order valence-corrected chi connectivity index (χ4v) is 7.59. The van der Waals surface area contributed by atoms with E-state index in [9.17, 15) is 0 Å². The summed E-state index contributed by atoms with van der Waals surface area (Å²) in [5, 5.41) is 7.16. The number of pyridine rings is 1. The number of para-hydroxylation sites is 2. The maximum atomic E-state index is 6.48. The second kappa shape index (κ2) is 10.9. The molecule has 0 radical (unpaired) electrons. The predicted molar refractivity (Wildman–Crippen MR) is 190 cm³/mol. The number of fused-ring (bicyclic) bond motifs is 12. The Morgan fingerprint density at radius 1 is 0.633 bits per heavy atom. The van der Waals surface area contributed by atoms with Crippen molar-refractivity contribution in [2.45, 2.75) is 0 Å². The van der Waals surface area contributed by atoms with E-state index in [4.69, 9.17) is 9.72 Å². The molecule has 0 spiro atoms. The largest absolute Gasteiger partial charge is 0.510 e. The van der Waals surface area contributed by atoms with Crippen LogP contribution in [-0.4, -0.2) is 23.3 Å². The number of imidazole rings is 1. The molecule has 0 atom stereocenters. The van der Waals surface area contributed by atoms with Crippen molar-refractivity contribution >= 4 is 65.4 Å². The van der Waals surface area contributed by atoms with Crippen molar-refractivity contribution in [2.24, 2.45) is 21.1 Å². The van der Waals surface area contributed by atoms with Gasteiger partial charge in [0.2, 0.25) is 6.33 Å². The van der Waals surface area contributed by atoms with Crippen molar-refractivity contribution in [3.05, 3.63) is 134 Å². The Hall–Kier alpha value is -5.65. The Kier molecular flexibility index (Phi) is 6.58. The zero-order valence-electron chi connectivity index (χ0n) is 26.9. The quantitative estimate of drug-likeness (QED) is 0.133. The molecular weight excluding hydrogens is 788 g/mol. The summed E-state index contributed by atoms with van der Waals surface area (Å²) in [5.41, 5.74) is 7.59. The Morgan fingerprint density at radius 3 is 2.06 bits per heavy atom. The standard InChI is InChI=1S/C41H28N6O.Pt/c1-43-21-22-46(25-43)26-11-10-12-27(23-26)48-28-18-19-31-34(24-28)47(35-17-8-9-20-42-35)41-37(31)36-29-13-4-6-15-32(29)44(2)39(36)38-30-14-5-7-16-33(30)45(3)40(38)41;/h4-22H,1-3H3;/q-2;. The summed E-state index contributed by atoms with van der Waals surface area (Å²) in [6.45, 7) is 0. The van der Waals surface area contributed by atoms with Crippen molar-refractivity contribution in [1.29, 1.82) is 0 Å². The molecule has 5 aromatic carbocycles. The third-order valence-electron chi connectivity index (χ3n) is 9.59. The van der Waals surface area contributed by atoms with E-state index in [1.807, 2.05) is 71.2 Å². The minimum absolute atomic E-state index is 0. The number of hydrogen-bond donors (Lipinski definition) is 0. The first-order valence-corrected chi connectivity index (χ1v) is 15.9. The molecule has 7 nitrogen and oxygen atoms in total. The topological polar surface area (TPSA) is 45.7 Å². The molecule has 0 N–H and O–H groups in total. The van der Waals surface area contributed by atoms with Crippen molar-refractivity contribution in [3.8, 4) is 23.0 Å². The second-order valence-corrected chi connectivity index (χ2v) is 12.3. The van der Waals surface area contributed by atoms with Crippen LogP contribution in [-0.2, 0) is 42.2 Å². The van der Waals surface area contributed by atoms with E-state index in [1.54, 1.807) is 0 Å². The van der Waals surface area contributed by atoms with Gasteiger partial charge in [-0.1, -0.05) is 53.7 Å². The van der Waals surface area contributed by atoms with E-state index in [0.717, 1.165) is 33.4 Å². The SMILES string of the molecule is Cn1[c-][n+](-c2[c-]c(Oc3[c-]c4c(cc3)c3c5c6ccccc6n(C)c5c5c6ccccc6n(C)c5c3n4-c3ccccn3)ccc2)cc1.[Pt]. The zero-order chi connectivity index (χ0) is 32.1. The molecule has 49 heavy (non-hydrogen) atoms. The van der Waals surface area contributed by atoms with E-state index >= 15 is 0 Å². The molecular formula is C41H28N6OPt-2. The van der Waals surface area contributed by atoms with Gasteiger partial charge < -0.3 is 27.6 Å². The normalized spacial score (nSPS) is 11.8. The van der Waals surface area contributed by atoms with Gasteiger partial charge in [0.05, 0.1) is 23.6 Å². The van der Waals surface area contributed by atoms with Gasteiger partial charge in [0.15, 0.2) is 0 Å². The van der Waals surface area contributed by atoms with Crippen molar-refractivity contribution in [1.82, 2.24) is 23.3 Å². The third-order valence-corrected chi connectivity index (χ3v) is 9.59. The maximum absolute atomic E-state index is 6.48. The van der Waals surface area contributed by atoms with Crippen molar-refractivity contribution in [3.63, 3.8) is 0 Å². The average Bonchev–Trinajstić information content (AvgIpc) is 3.86. The van der Waals surface area contributed by atoms with E-state index in [-0.39, 0.29) is 21.1 Å².